The molecule has 0 radical (unpaired) electrons. The molecule has 0 spiro atoms. The molecular formula is C11H12BrNO2. The molecule has 0 aromatic carbocycles. The summed E-state index contributed by atoms with van der Waals surface area (Å²) in [5.41, 5.74) is 1.39. The Morgan fingerprint density at radius 2 is 2.07 bits per heavy atom. The van der Waals surface area contributed by atoms with E-state index in [0.717, 1.165) is 18.4 Å². The van der Waals surface area contributed by atoms with Crippen LogP contribution in [0.15, 0.2) is 15.3 Å². The van der Waals surface area contributed by atoms with Crippen LogP contribution in [0.5, 0.6) is 0 Å². The highest BCUT2D eigenvalue weighted by Crippen LogP contribution is 2.18. The number of carbonyl (C=O) groups is 1. The van der Waals surface area contributed by atoms with Crippen LogP contribution in [0.1, 0.15) is 35.3 Å². The zero-order valence-corrected chi connectivity index (χ0v) is 10.1. The van der Waals surface area contributed by atoms with Crippen molar-refractivity contribution < 1.29 is 4.79 Å². The molecule has 15 heavy (non-hydrogen) atoms. The first-order chi connectivity index (χ1) is 7.11. The fraction of sp³-hybridized carbons (Fsp3) is 0.455. The molecule has 2 rings (SSSR count). The first-order valence-corrected chi connectivity index (χ1v) is 5.83. The normalized spacial score (nSPS) is 16.0. The number of Topliss-reactive ketones (excluding diaryl/α,β-unsaturated/α-hetero) is 1. The molecule has 0 saturated heterocycles. The number of fused-ring (bicyclic) bond motifs is 1. The van der Waals surface area contributed by atoms with Gasteiger partial charge in [0, 0.05) is 13.0 Å². The van der Waals surface area contributed by atoms with Gasteiger partial charge >= 0.3 is 0 Å². The number of hydrogen-bond acceptors (Lipinski definition) is 2. The second kappa shape index (κ2) is 3.93. The van der Waals surface area contributed by atoms with Crippen molar-refractivity contribution in [3.63, 3.8) is 0 Å². The number of rotatable bonds is 0. The van der Waals surface area contributed by atoms with Crippen LogP contribution in [0, 0.1) is 6.92 Å². The van der Waals surface area contributed by atoms with Crippen LogP contribution in [-0.4, -0.2) is 10.4 Å². The molecule has 0 fully saturated rings. The number of hydrogen-bond donors (Lipinski definition) is 0. The van der Waals surface area contributed by atoms with Gasteiger partial charge in [-0.1, -0.05) is 0 Å². The molecular weight excluding hydrogens is 258 g/mol. The van der Waals surface area contributed by atoms with Crippen LogP contribution in [0.4, 0.5) is 0 Å². The smallest absolute Gasteiger partial charge is 0.265 e. The first-order valence-electron chi connectivity index (χ1n) is 5.04. The van der Waals surface area contributed by atoms with Gasteiger partial charge in [0.05, 0.1) is 10.2 Å². The first kappa shape index (κ1) is 10.6. The van der Waals surface area contributed by atoms with E-state index in [9.17, 15) is 9.59 Å². The second-order valence-corrected chi connectivity index (χ2v) is 4.72. The summed E-state index contributed by atoms with van der Waals surface area (Å²) in [5.74, 6) is 0.0922. The van der Waals surface area contributed by atoms with E-state index in [1.54, 1.807) is 10.6 Å². The summed E-state index contributed by atoms with van der Waals surface area (Å²) < 4.78 is 2.15. The van der Waals surface area contributed by atoms with E-state index in [1.807, 2.05) is 6.92 Å². The highest BCUT2D eigenvalue weighted by atomic mass is 79.9. The molecule has 0 amide bonds. The van der Waals surface area contributed by atoms with E-state index in [0.29, 0.717) is 23.1 Å². The van der Waals surface area contributed by atoms with Crippen molar-refractivity contribution in [2.45, 2.75) is 32.7 Å². The molecule has 80 valence electrons. The predicted octanol–water partition coefficient (Wildman–Crippen LogP) is 2.29. The minimum atomic E-state index is -0.0918. The van der Waals surface area contributed by atoms with Crippen molar-refractivity contribution in [2.24, 2.45) is 0 Å². The summed E-state index contributed by atoms with van der Waals surface area (Å²) in [6, 6.07) is 1.73. The fourth-order valence-corrected chi connectivity index (χ4v) is 2.58. The molecule has 0 aliphatic carbocycles. The molecule has 0 N–H and O–H groups in total. The van der Waals surface area contributed by atoms with Crippen molar-refractivity contribution in [3.05, 3.63) is 32.2 Å². The van der Waals surface area contributed by atoms with Crippen molar-refractivity contribution >= 4 is 21.7 Å². The molecule has 4 heteroatoms. The summed E-state index contributed by atoms with van der Waals surface area (Å²) in [4.78, 5) is 23.6. The van der Waals surface area contributed by atoms with E-state index in [1.165, 1.54) is 0 Å². The maximum Gasteiger partial charge on any atom is 0.265 e. The number of halogens is 1. The molecule has 1 aromatic rings. The summed E-state index contributed by atoms with van der Waals surface area (Å²) in [6.45, 7) is 2.53. The van der Waals surface area contributed by atoms with Crippen LogP contribution in [0.2, 0.25) is 0 Å². The largest absolute Gasteiger partial charge is 0.304 e. The van der Waals surface area contributed by atoms with Crippen molar-refractivity contribution in [2.75, 3.05) is 0 Å². The monoisotopic (exact) mass is 269 g/mol. The van der Waals surface area contributed by atoms with Gasteiger partial charge < -0.3 is 4.57 Å². The lowest BCUT2D eigenvalue weighted by atomic mass is 10.1. The molecule has 2 heterocycles. The number of carbonyl (C=O) groups excluding carboxylic acids is 1. The highest BCUT2D eigenvalue weighted by molar-refractivity contribution is 9.10. The van der Waals surface area contributed by atoms with Crippen molar-refractivity contribution in [1.29, 1.82) is 0 Å². The molecule has 0 unspecified atom stereocenters. The minimum absolute atomic E-state index is 0.0918. The number of nitrogens with zero attached hydrogens (tertiary/aromatic N) is 1. The van der Waals surface area contributed by atoms with Gasteiger partial charge in [0.25, 0.3) is 5.56 Å². The van der Waals surface area contributed by atoms with Gasteiger partial charge in [-0.3, -0.25) is 9.59 Å². The zero-order chi connectivity index (χ0) is 11.0. The third-order valence-corrected chi connectivity index (χ3v) is 3.30. The second-order valence-electron chi connectivity index (χ2n) is 3.86. The maximum absolute atomic E-state index is 11.8. The van der Waals surface area contributed by atoms with Gasteiger partial charge in [-0.25, -0.2) is 0 Å². The standard InChI is InChI=1S/C11H12BrNO2/c1-7-6-8(12)11(15)13-5-3-2-4-9(14)10(7)13/h6H,2-5H2,1H3. The van der Waals surface area contributed by atoms with Gasteiger partial charge in [-0.2, -0.15) is 0 Å². The van der Waals surface area contributed by atoms with E-state index < -0.39 is 0 Å². The topological polar surface area (TPSA) is 39.1 Å². The Labute approximate surface area is 96.2 Å². The molecule has 3 nitrogen and oxygen atoms in total. The average molecular weight is 270 g/mol. The highest BCUT2D eigenvalue weighted by Gasteiger charge is 2.19. The summed E-state index contributed by atoms with van der Waals surface area (Å²) in [6.07, 6.45) is 2.33. The van der Waals surface area contributed by atoms with Crippen LogP contribution in [0.25, 0.3) is 0 Å². The third-order valence-electron chi connectivity index (χ3n) is 2.74. The fourth-order valence-electron chi connectivity index (χ4n) is 2.02. The average Bonchev–Trinajstić information content (AvgIpc) is 2.37. The lowest BCUT2D eigenvalue weighted by Crippen LogP contribution is -2.26. The van der Waals surface area contributed by atoms with E-state index in [-0.39, 0.29) is 11.3 Å². The molecule has 0 atom stereocenters. The van der Waals surface area contributed by atoms with E-state index >= 15 is 0 Å². The molecule has 0 saturated carbocycles. The molecule has 1 aliphatic heterocycles. The Morgan fingerprint density at radius 1 is 1.33 bits per heavy atom. The predicted molar refractivity (Wildman–Crippen MR) is 61.3 cm³/mol. The molecule has 1 aliphatic rings. The van der Waals surface area contributed by atoms with Gasteiger partial charge in [-0.05, 0) is 47.3 Å². The Kier molecular flexibility index (Phi) is 2.78. The van der Waals surface area contributed by atoms with Gasteiger partial charge in [-0.15, -0.1) is 0 Å². The van der Waals surface area contributed by atoms with Crippen LogP contribution >= 0.6 is 15.9 Å². The number of pyridine rings is 1. The Balaban J connectivity index is 2.74. The van der Waals surface area contributed by atoms with E-state index in [2.05, 4.69) is 15.9 Å². The van der Waals surface area contributed by atoms with Gasteiger partial charge in [0.15, 0.2) is 5.78 Å². The zero-order valence-electron chi connectivity index (χ0n) is 8.55. The number of aryl methyl sites for hydroxylation is 1. The summed E-state index contributed by atoms with van der Waals surface area (Å²) >= 11 is 3.23. The van der Waals surface area contributed by atoms with E-state index in [4.69, 9.17) is 0 Å². The van der Waals surface area contributed by atoms with Crippen molar-refractivity contribution in [1.82, 2.24) is 4.57 Å². The van der Waals surface area contributed by atoms with Crippen LogP contribution < -0.4 is 5.56 Å². The lowest BCUT2D eigenvalue weighted by molar-refractivity contribution is 0.0975. The van der Waals surface area contributed by atoms with Gasteiger partial charge in [0.2, 0.25) is 0 Å². The van der Waals surface area contributed by atoms with Crippen LogP contribution in [0.3, 0.4) is 0 Å². The van der Waals surface area contributed by atoms with Crippen LogP contribution in [-0.2, 0) is 6.54 Å². The molecule has 0 bridgehead atoms. The Hall–Kier alpha value is -0.900. The number of aromatic nitrogens is 1. The lowest BCUT2D eigenvalue weighted by Gasteiger charge is -2.11. The minimum Gasteiger partial charge on any atom is -0.304 e. The van der Waals surface area contributed by atoms with Gasteiger partial charge in [0.1, 0.15) is 0 Å². The Bertz CT molecular complexity index is 476. The Morgan fingerprint density at radius 3 is 2.80 bits per heavy atom. The summed E-state index contributed by atoms with van der Waals surface area (Å²) in [5, 5.41) is 0. The van der Waals surface area contributed by atoms with Crippen molar-refractivity contribution in [3.8, 4) is 0 Å². The molecule has 1 aromatic heterocycles. The summed E-state index contributed by atoms with van der Waals surface area (Å²) in [7, 11) is 0. The quantitative estimate of drug-likeness (QED) is 0.725. The SMILES string of the molecule is Cc1cc(Br)c(=O)n2c1C(=O)CCCC2. The number of ketones is 1. The third kappa shape index (κ3) is 1.78. The maximum atomic E-state index is 11.8.